The van der Waals surface area contributed by atoms with E-state index in [-0.39, 0.29) is 0 Å². The molecule has 0 bridgehead atoms. The summed E-state index contributed by atoms with van der Waals surface area (Å²) in [5.41, 5.74) is 1.28. The minimum Gasteiger partial charge on any atom is -0.0922 e. The van der Waals surface area contributed by atoms with Gasteiger partial charge in [-0.25, -0.2) is 0 Å². The van der Waals surface area contributed by atoms with E-state index in [0.717, 1.165) is 0 Å². The van der Waals surface area contributed by atoms with Crippen molar-refractivity contribution in [1.29, 1.82) is 0 Å². The molecule has 0 spiro atoms. The fourth-order valence-corrected chi connectivity index (χ4v) is 2.25. The first-order valence-corrected chi connectivity index (χ1v) is 6.22. The van der Waals surface area contributed by atoms with E-state index in [2.05, 4.69) is 36.7 Å². The molecule has 0 aromatic heterocycles. The molecule has 0 unspecified atom stereocenters. The smallest absolute Gasteiger partial charge is 0.00879 e. The molecule has 0 N–H and O–H groups in total. The lowest BCUT2D eigenvalue weighted by molar-refractivity contribution is 0.284. The van der Waals surface area contributed by atoms with Gasteiger partial charge in [-0.15, -0.1) is 0 Å². The van der Waals surface area contributed by atoms with Crippen molar-refractivity contribution in [2.45, 2.75) is 52.9 Å². The molecule has 0 aromatic rings. The maximum Gasteiger partial charge on any atom is 0.00879 e. The average molecular weight is 233 g/mol. The Morgan fingerprint density at radius 3 is 2.25 bits per heavy atom. The molecule has 0 amide bonds. The Morgan fingerprint density at radius 1 is 1.33 bits per heavy atom. The summed E-state index contributed by atoms with van der Waals surface area (Å²) in [6.07, 6.45) is 7.05. The van der Waals surface area contributed by atoms with E-state index in [0.29, 0.717) is 10.8 Å². The van der Waals surface area contributed by atoms with Gasteiger partial charge in [-0.2, -0.15) is 0 Å². The SMILES string of the molecule is CCC(C)(C)CCC1(CBr)CC1. The highest BCUT2D eigenvalue weighted by Crippen LogP contribution is 2.52. The molecule has 0 radical (unpaired) electrons. The maximum absolute atomic E-state index is 3.62. The topological polar surface area (TPSA) is 0 Å². The molecule has 1 aliphatic carbocycles. The molecule has 1 rings (SSSR count). The van der Waals surface area contributed by atoms with Crippen LogP contribution in [0.1, 0.15) is 52.9 Å². The first-order valence-electron chi connectivity index (χ1n) is 5.10. The largest absolute Gasteiger partial charge is 0.0922 e. The second-order valence-corrected chi connectivity index (χ2v) is 5.71. The molecule has 0 saturated heterocycles. The lowest BCUT2D eigenvalue weighted by atomic mass is 9.82. The minimum absolute atomic E-state index is 0.567. The lowest BCUT2D eigenvalue weighted by Gasteiger charge is -2.24. The van der Waals surface area contributed by atoms with E-state index >= 15 is 0 Å². The normalized spacial score (nSPS) is 21.0. The van der Waals surface area contributed by atoms with Crippen LogP contribution < -0.4 is 0 Å². The van der Waals surface area contributed by atoms with E-state index < -0.39 is 0 Å². The summed E-state index contributed by atoms with van der Waals surface area (Å²) in [4.78, 5) is 0. The quantitative estimate of drug-likeness (QED) is 0.618. The first-order chi connectivity index (χ1) is 5.54. The highest BCUT2D eigenvalue weighted by molar-refractivity contribution is 9.09. The molecule has 1 saturated carbocycles. The van der Waals surface area contributed by atoms with E-state index in [1.165, 1.54) is 37.4 Å². The molecule has 1 aliphatic rings. The zero-order valence-corrected chi connectivity index (χ0v) is 10.2. The van der Waals surface area contributed by atoms with Crippen molar-refractivity contribution in [3.05, 3.63) is 0 Å². The Hall–Kier alpha value is 0.480. The average Bonchev–Trinajstić information content (AvgIpc) is 2.82. The summed E-state index contributed by atoms with van der Waals surface area (Å²) < 4.78 is 0. The van der Waals surface area contributed by atoms with Gasteiger partial charge >= 0.3 is 0 Å². The number of alkyl halides is 1. The Bertz CT molecular complexity index is 139. The number of hydrogen-bond donors (Lipinski definition) is 0. The van der Waals surface area contributed by atoms with Crippen LogP contribution in [-0.4, -0.2) is 5.33 Å². The van der Waals surface area contributed by atoms with Crippen molar-refractivity contribution in [3.8, 4) is 0 Å². The van der Waals surface area contributed by atoms with Crippen molar-refractivity contribution in [2.24, 2.45) is 10.8 Å². The van der Waals surface area contributed by atoms with Gasteiger partial charge in [0.05, 0.1) is 0 Å². The van der Waals surface area contributed by atoms with Gasteiger partial charge in [0.15, 0.2) is 0 Å². The van der Waals surface area contributed by atoms with Gasteiger partial charge in [-0.1, -0.05) is 43.1 Å². The summed E-state index contributed by atoms with van der Waals surface area (Å²) in [7, 11) is 0. The number of rotatable bonds is 5. The van der Waals surface area contributed by atoms with Crippen LogP contribution in [0.3, 0.4) is 0 Å². The molecule has 1 fully saturated rings. The third kappa shape index (κ3) is 2.76. The second-order valence-electron chi connectivity index (χ2n) is 5.15. The molecular formula is C11H21Br. The Labute approximate surface area is 85.3 Å². The van der Waals surface area contributed by atoms with E-state index in [9.17, 15) is 0 Å². The first kappa shape index (κ1) is 10.6. The summed E-state index contributed by atoms with van der Waals surface area (Å²) in [5, 5.41) is 1.22. The van der Waals surface area contributed by atoms with Crippen molar-refractivity contribution in [3.63, 3.8) is 0 Å². The molecule has 0 aliphatic heterocycles. The van der Waals surface area contributed by atoms with E-state index in [4.69, 9.17) is 0 Å². The Kier molecular flexibility index (Phi) is 3.25. The second kappa shape index (κ2) is 3.69. The van der Waals surface area contributed by atoms with Gasteiger partial charge < -0.3 is 0 Å². The zero-order valence-electron chi connectivity index (χ0n) is 8.62. The van der Waals surface area contributed by atoms with Crippen molar-refractivity contribution in [1.82, 2.24) is 0 Å². The van der Waals surface area contributed by atoms with Crippen LogP contribution in [-0.2, 0) is 0 Å². The van der Waals surface area contributed by atoms with Gasteiger partial charge in [-0.05, 0) is 36.5 Å². The molecule has 1 heteroatoms. The molecule has 12 heavy (non-hydrogen) atoms. The van der Waals surface area contributed by atoms with E-state index in [1.54, 1.807) is 0 Å². The highest BCUT2D eigenvalue weighted by atomic mass is 79.9. The summed E-state index contributed by atoms with van der Waals surface area (Å²) in [5.74, 6) is 0. The third-order valence-corrected chi connectivity index (χ3v) is 4.72. The molecule has 0 aromatic carbocycles. The molecule has 0 heterocycles. The van der Waals surface area contributed by atoms with Gasteiger partial charge in [0, 0.05) is 5.33 Å². The zero-order chi connectivity index (χ0) is 9.24. The third-order valence-electron chi connectivity index (χ3n) is 3.53. The Balaban J connectivity index is 2.25. The number of hydrogen-bond acceptors (Lipinski definition) is 0. The molecule has 0 nitrogen and oxygen atoms in total. The van der Waals surface area contributed by atoms with Crippen molar-refractivity contribution < 1.29 is 0 Å². The molecular weight excluding hydrogens is 212 g/mol. The predicted octanol–water partition coefficient (Wildman–Crippen LogP) is 4.38. The fourth-order valence-electron chi connectivity index (χ4n) is 1.41. The van der Waals surface area contributed by atoms with Crippen LogP contribution in [0.25, 0.3) is 0 Å². The lowest BCUT2D eigenvalue weighted by Crippen LogP contribution is -2.13. The van der Waals surface area contributed by atoms with Gasteiger partial charge in [-0.3, -0.25) is 0 Å². The fraction of sp³-hybridized carbons (Fsp3) is 1.00. The van der Waals surface area contributed by atoms with Gasteiger partial charge in [0.2, 0.25) is 0 Å². The highest BCUT2D eigenvalue weighted by Gasteiger charge is 2.41. The summed E-state index contributed by atoms with van der Waals surface area (Å²) in [6.45, 7) is 7.07. The van der Waals surface area contributed by atoms with Gasteiger partial charge in [0.25, 0.3) is 0 Å². The van der Waals surface area contributed by atoms with Crippen molar-refractivity contribution >= 4 is 15.9 Å². The standard InChI is InChI=1S/C11H21Br/c1-4-10(2,3)5-6-11(9-12)7-8-11/h4-9H2,1-3H3. The predicted molar refractivity (Wildman–Crippen MR) is 58.8 cm³/mol. The number of halogens is 1. The van der Waals surface area contributed by atoms with Gasteiger partial charge in [0.1, 0.15) is 0 Å². The molecule has 0 atom stereocenters. The van der Waals surface area contributed by atoms with Crippen LogP contribution >= 0.6 is 15.9 Å². The van der Waals surface area contributed by atoms with E-state index in [1.807, 2.05) is 0 Å². The van der Waals surface area contributed by atoms with Crippen LogP contribution in [0.15, 0.2) is 0 Å². The summed E-state index contributed by atoms with van der Waals surface area (Å²) in [6, 6.07) is 0. The van der Waals surface area contributed by atoms with Crippen molar-refractivity contribution in [2.75, 3.05) is 5.33 Å². The van der Waals surface area contributed by atoms with Crippen LogP contribution in [0.4, 0.5) is 0 Å². The maximum atomic E-state index is 3.62. The monoisotopic (exact) mass is 232 g/mol. The van der Waals surface area contributed by atoms with Crippen LogP contribution in [0.5, 0.6) is 0 Å². The molecule has 72 valence electrons. The summed E-state index contributed by atoms with van der Waals surface area (Å²) >= 11 is 3.62. The van der Waals surface area contributed by atoms with Crippen LogP contribution in [0, 0.1) is 10.8 Å². The van der Waals surface area contributed by atoms with Crippen LogP contribution in [0.2, 0.25) is 0 Å². The minimum atomic E-state index is 0.567. The Morgan fingerprint density at radius 2 is 1.92 bits per heavy atom.